The molecule has 1 fully saturated rings. The van der Waals surface area contributed by atoms with Gasteiger partial charge in [0.2, 0.25) is 0 Å². The number of aromatic amines is 1. The first kappa shape index (κ1) is 22.6. The number of H-pyrrole nitrogens is 1. The first-order valence-corrected chi connectivity index (χ1v) is 11.8. The van der Waals surface area contributed by atoms with Crippen molar-refractivity contribution in [1.29, 1.82) is 0 Å². The number of nitrogens with one attached hydrogen (secondary N) is 3. The number of amides is 1. The van der Waals surface area contributed by atoms with E-state index in [9.17, 15) is 14.4 Å². The minimum atomic E-state index is -0.607. The molecule has 2 aromatic carbocycles. The van der Waals surface area contributed by atoms with Crippen molar-refractivity contribution < 1.29 is 4.79 Å². The average molecular weight is 470 g/mol. The fourth-order valence-electron chi connectivity index (χ4n) is 4.28. The normalized spacial score (nSPS) is 14.0. The van der Waals surface area contributed by atoms with Gasteiger partial charge in [0.15, 0.2) is 5.65 Å². The van der Waals surface area contributed by atoms with Gasteiger partial charge in [0, 0.05) is 35.6 Å². The van der Waals surface area contributed by atoms with Crippen LogP contribution in [0.1, 0.15) is 60.3 Å². The van der Waals surface area contributed by atoms with E-state index in [4.69, 9.17) is 0 Å². The van der Waals surface area contributed by atoms with Gasteiger partial charge in [-0.2, -0.15) is 0 Å². The highest BCUT2D eigenvalue weighted by molar-refractivity contribution is 6.11. The molecule has 1 atom stereocenters. The zero-order valence-corrected chi connectivity index (χ0v) is 19.7. The van der Waals surface area contributed by atoms with Crippen LogP contribution in [0.5, 0.6) is 0 Å². The molecule has 0 spiro atoms. The molecule has 3 N–H and O–H groups in total. The molecule has 1 amide bonds. The summed E-state index contributed by atoms with van der Waals surface area (Å²) in [5.41, 5.74) is 2.79. The van der Waals surface area contributed by atoms with Gasteiger partial charge in [-0.3, -0.25) is 19.1 Å². The number of rotatable bonds is 7. The number of pyridine rings is 1. The van der Waals surface area contributed by atoms with Crippen molar-refractivity contribution in [3.8, 4) is 0 Å². The molecule has 0 bridgehead atoms. The van der Waals surface area contributed by atoms with E-state index in [0.717, 1.165) is 24.2 Å². The number of hydrogen-bond donors (Lipinski definition) is 3. The van der Waals surface area contributed by atoms with Crippen LogP contribution in [0, 0.1) is 0 Å². The third-order valence-electron chi connectivity index (χ3n) is 6.35. The van der Waals surface area contributed by atoms with Crippen LogP contribution < -0.4 is 21.9 Å². The molecule has 8 nitrogen and oxygen atoms in total. The summed E-state index contributed by atoms with van der Waals surface area (Å²) in [4.78, 5) is 45.3. The summed E-state index contributed by atoms with van der Waals surface area (Å²) in [5, 5.41) is 6.47. The molecule has 4 aromatic rings. The van der Waals surface area contributed by atoms with E-state index in [-0.39, 0.29) is 28.6 Å². The Balaban J connectivity index is 1.43. The molecule has 0 saturated heterocycles. The molecule has 0 radical (unpaired) electrons. The van der Waals surface area contributed by atoms with E-state index in [2.05, 4.69) is 39.7 Å². The largest absolute Gasteiger partial charge is 0.379 e. The maximum absolute atomic E-state index is 13.3. The SMILES string of the molecule is CCn1c(=O)[nH]c(=O)c2c(C(=O)Nc3ccc(NC(C)c4ccccc4)cc3)cc(C3CC3)nc21. The summed E-state index contributed by atoms with van der Waals surface area (Å²) in [7, 11) is 0. The van der Waals surface area contributed by atoms with Gasteiger partial charge in [0.25, 0.3) is 11.5 Å². The summed E-state index contributed by atoms with van der Waals surface area (Å²) >= 11 is 0. The molecule has 35 heavy (non-hydrogen) atoms. The second kappa shape index (κ2) is 9.21. The fourth-order valence-corrected chi connectivity index (χ4v) is 4.28. The first-order valence-electron chi connectivity index (χ1n) is 11.8. The van der Waals surface area contributed by atoms with Crippen LogP contribution in [0.4, 0.5) is 11.4 Å². The smallest absolute Gasteiger partial charge is 0.329 e. The Hall–Kier alpha value is -4.20. The first-order chi connectivity index (χ1) is 16.9. The number of nitrogens with zero attached hydrogens (tertiary/aromatic N) is 2. The van der Waals surface area contributed by atoms with Crippen LogP contribution in [0.25, 0.3) is 11.0 Å². The summed E-state index contributed by atoms with van der Waals surface area (Å²) in [6.07, 6.45) is 1.96. The molecule has 5 rings (SSSR count). The molecule has 2 aromatic heterocycles. The topological polar surface area (TPSA) is 109 Å². The molecule has 1 aliphatic rings. The van der Waals surface area contributed by atoms with Gasteiger partial charge in [0.1, 0.15) is 0 Å². The van der Waals surface area contributed by atoms with Crippen molar-refractivity contribution in [3.63, 3.8) is 0 Å². The predicted octanol–water partition coefficient (Wildman–Crippen LogP) is 4.41. The monoisotopic (exact) mass is 469 g/mol. The second-order valence-corrected chi connectivity index (χ2v) is 8.88. The highest BCUT2D eigenvalue weighted by Crippen LogP contribution is 2.40. The number of hydrogen-bond acceptors (Lipinski definition) is 5. The maximum atomic E-state index is 13.3. The van der Waals surface area contributed by atoms with Gasteiger partial charge in [-0.25, -0.2) is 9.78 Å². The van der Waals surface area contributed by atoms with Crippen LogP contribution in [-0.2, 0) is 6.54 Å². The molecule has 8 heteroatoms. The van der Waals surface area contributed by atoms with Crippen LogP contribution in [0.3, 0.4) is 0 Å². The lowest BCUT2D eigenvalue weighted by molar-refractivity contribution is 0.102. The van der Waals surface area contributed by atoms with Crippen LogP contribution >= 0.6 is 0 Å². The molecular formula is C27H27N5O3. The minimum absolute atomic E-state index is 0.128. The number of carbonyl (C=O) groups excluding carboxylic acids is 1. The zero-order chi connectivity index (χ0) is 24.5. The fraction of sp³-hybridized carbons (Fsp3) is 0.259. The highest BCUT2D eigenvalue weighted by atomic mass is 16.2. The van der Waals surface area contributed by atoms with E-state index < -0.39 is 17.2 Å². The van der Waals surface area contributed by atoms with E-state index >= 15 is 0 Å². The third kappa shape index (κ3) is 4.59. The lowest BCUT2D eigenvalue weighted by Crippen LogP contribution is -2.32. The van der Waals surface area contributed by atoms with Gasteiger partial charge >= 0.3 is 5.69 Å². The molecule has 0 aliphatic heterocycles. The van der Waals surface area contributed by atoms with E-state index in [1.54, 1.807) is 13.0 Å². The summed E-state index contributed by atoms with van der Waals surface area (Å²) in [6, 6.07) is 19.4. The number of fused-ring (bicyclic) bond motifs is 1. The van der Waals surface area contributed by atoms with Crippen molar-refractivity contribution in [2.45, 2.75) is 45.2 Å². The summed E-state index contributed by atoms with van der Waals surface area (Å²) < 4.78 is 1.40. The maximum Gasteiger partial charge on any atom is 0.329 e. The second-order valence-electron chi connectivity index (χ2n) is 8.88. The van der Waals surface area contributed by atoms with Gasteiger partial charge in [-0.05, 0) is 62.6 Å². The van der Waals surface area contributed by atoms with Gasteiger partial charge < -0.3 is 10.6 Å². The van der Waals surface area contributed by atoms with Crippen molar-refractivity contribution in [1.82, 2.24) is 14.5 Å². The number of anilines is 2. The van der Waals surface area contributed by atoms with E-state index in [0.29, 0.717) is 12.2 Å². The molecular weight excluding hydrogens is 442 g/mol. The average Bonchev–Trinajstić information content (AvgIpc) is 3.71. The molecule has 178 valence electrons. The minimum Gasteiger partial charge on any atom is -0.379 e. The summed E-state index contributed by atoms with van der Waals surface area (Å²) in [5.74, 6) is -0.160. The number of carbonyl (C=O) groups is 1. The quantitative estimate of drug-likeness (QED) is 0.372. The van der Waals surface area contributed by atoms with E-state index in [1.807, 2.05) is 42.5 Å². The Morgan fingerprint density at radius 2 is 1.77 bits per heavy atom. The highest BCUT2D eigenvalue weighted by Gasteiger charge is 2.28. The van der Waals surface area contributed by atoms with Crippen LogP contribution in [0.2, 0.25) is 0 Å². The van der Waals surface area contributed by atoms with Crippen molar-refractivity contribution >= 4 is 28.3 Å². The Labute approximate surface area is 202 Å². The Kier molecular flexibility index (Phi) is 5.94. The number of aromatic nitrogens is 3. The van der Waals surface area contributed by atoms with Gasteiger partial charge in [-0.15, -0.1) is 0 Å². The van der Waals surface area contributed by atoms with Crippen molar-refractivity contribution in [2.75, 3.05) is 10.6 Å². The molecule has 2 heterocycles. The Bertz CT molecular complexity index is 1500. The number of benzene rings is 2. The van der Waals surface area contributed by atoms with Crippen LogP contribution in [-0.4, -0.2) is 20.4 Å². The lowest BCUT2D eigenvalue weighted by atomic mass is 10.1. The summed E-state index contributed by atoms with van der Waals surface area (Å²) in [6.45, 7) is 4.23. The van der Waals surface area contributed by atoms with Gasteiger partial charge in [0.05, 0.1) is 10.9 Å². The molecule has 1 aliphatic carbocycles. The zero-order valence-electron chi connectivity index (χ0n) is 19.7. The number of aryl methyl sites for hydroxylation is 1. The van der Waals surface area contributed by atoms with Gasteiger partial charge in [-0.1, -0.05) is 30.3 Å². The predicted molar refractivity (Wildman–Crippen MR) is 137 cm³/mol. The van der Waals surface area contributed by atoms with E-state index in [1.165, 1.54) is 10.1 Å². The lowest BCUT2D eigenvalue weighted by Gasteiger charge is -2.16. The van der Waals surface area contributed by atoms with Crippen molar-refractivity contribution in [3.05, 3.63) is 98.3 Å². The standard InChI is InChI=1S/C27H27N5O3/c1-3-32-24-23(26(34)31-27(32)35)21(15-22(30-24)18-9-10-18)25(33)29-20-13-11-19(12-14-20)28-16(2)17-7-5-4-6-8-17/h4-8,11-16,18,28H,3,9-10H2,1-2H3,(H,29,33)(H,31,34,35). The third-order valence-corrected chi connectivity index (χ3v) is 6.35. The van der Waals surface area contributed by atoms with Crippen LogP contribution in [0.15, 0.2) is 70.3 Å². The Morgan fingerprint density at radius 3 is 2.43 bits per heavy atom. The van der Waals surface area contributed by atoms with Crippen molar-refractivity contribution in [2.24, 2.45) is 0 Å². The Morgan fingerprint density at radius 1 is 1.09 bits per heavy atom. The molecule has 1 unspecified atom stereocenters. The molecule has 1 saturated carbocycles.